The van der Waals surface area contributed by atoms with E-state index in [2.05, 4.69) is 40.4 Å². The number of nitrogens with one attached hydrogen (secondary N) is 1. The number of unbranched alkanes of at least 4 members (excludes halogenated alkanes) is 1. The summed E-state index contributed by atoms with van der Waals surface area (Å²) in [7, 11) is -3.19. The average Bonchev–Trinajstić information content (AvgIpc) is 3.36. The van der Waals surface area contributed by atoms with E-state index in [0.29, 0.717) is 49.6 Å². The van der Waals surface area contributed by atoms with Gasteiger partial charge in [-0.3, -0.25) is 9.67 Å². The monoisotopic (exact) mass is 581 g/mol. The van der Waals surface area contributed by atoms with Crippen LogP contribution in [0.3, 0.4) is 0 Å². The minimum atomic E-state index is -3.19. The summed E-state index contributed by atoms with van der Waals surface area (Å²) in [5.74, 6) is 0.809. The number of anilines is 2. The lowest BCUT2D eigenvalue weighted by Crippen LogP contribution is -2.47. The van der Waals surface area contributed by atoms with Gasteiger partial charge in [-0.2, -0.15) is 10.1 Å². The Morgan fingerprint density at radius 3 is 2.78 bits per heavy atom. The van der Waals surface area contributed by atoms with Crippen LogP contribution in [0.4, 0.5) is 11.8 Å². The minimum absolute atomic E-state index is 0.00535. The van der Waals surface area contributed by atoms with Crippen molar-refractivity contribution in [2.75, 3.05) is 49.7 Å². The first-order valence-electron chi connectivity index (χ1n) is 14.2. The number of benzene rings is 1. The lowest BCUT2D eigenvalue weighted by atomic mass is 10.0. The van der Waals surface area contributed by atoms with Crippen molar-refractivity contribution in [2.45, 2.75) is 51.7 Å². The van der Waals surface area contributed by atoms with E-state index in [-0.39, 0.29) is 18.6 Å². The summed E-state index contributed by atoms with van der Waals surface area (Å²) in [5.41, 5.74) is 10.4. The van der Waals surface area contributed by atoms with Gasteiger partial charge < -0.3 is 21.1 Å². The first-order chi connectivity index (χ1) is 19.8. The normalized spacial score (nSPS) is 16.5. The molecule has 4 N–H and O–H groups in total. The van der Waals surface area contributed by atoms with Gasteiger partial charge in [0, 0.05) is 50.3 Å². The maximum absolute atomic E-state index is 12.0. The third-order valence-corrected chi connectivity index (χ3v) is 8.84. The summed E-state index contributed by atoms with van der Waals surface area (Å²) in [4.78, 5) is 15.6. The van der Waals surface area contributed by atoms with Crippen molar-refractivity contribution in [3.05, 3.63) is 47.8 Å². The van der Waals surface area contributed by atoms with Gasteiger partial charge in [-0.15, -0.1) is 0 Å². The first-order valence-corrected chi connectivity index (χ1v) is 16.0. The molecule has 5 rings (SSSR count). The zero-order valence-corrected chi connectivity index (χ0v) is 24.5. The van der Waals surface area contributed by atoms with Gasteiger partial charge in [-0.05, 0) is 36.5 Å². The third kappa shape index (κ3) is 6.75. The molecule has 13 heteroatoms. The summed E-state index contributed by atoms with van der Waals surface area (Å²) in [6, 6.07) is 8.27. The molecule has 0 amide bonds. The Kier molecular flexibility index (Phi) is 8.97. The second-order valence-electron chi connectivity index (χ2n) is 10.7. The lowest BCUT2D eigenvalue weighted by molar-refractivity contribution is 0.284. The Balaban J connectivity index is 1.39. The molecule has 1 aromatic carbocycles. The second kappa shape index (κ2) is 12.6. The van der Waals surface area contributed by atoms with Gasteiger partial charge in [0.1, 0.15) is 5.52 Å². The van der Waals surface area contributed by atoms with Crippen molar-refractivity contribution in [2.24, 2.45) is 0 Å². The molecule has 0 aliphatic carbocycles. The smallest absolute Gasteiger partial charge is 0.222 e. The Hall–Kier alpha value is -3.39. The van der Waals surface area contributed by atoms with Gasteiger partial charge in [0.25, 0.3) is 0 Å². The van der Waals surface area contributed by atoms with Crippen LogP contribution < -0.4 is 16.0 Å². The van der Waals surface area contributed by atoms with E-state index in [1.165, 1.54) is 6.26 Å². The molecule has 0 spiro atoms. The van der Waals surface area contributed by atoms with Crippen molar-refractivity contribution in [1.82, 2.24) is 34.4 Å². The molecular formula is C28H39N9O3S. The maximum atomic E-state index is 12.0. The highest BCUT2D eigenvalue weighted by molar-refractivity contribution is 7.88. The van der Waals surface area contributed by atoms with Crippen LogP contribution in [0.1, 0.15) is 43.7 Å². The fourth-order valence-electron chi connectivity index (χ4n) is 5.47. The van der Waals surface area contributed by atoms with Gasteiger partial charge in [0.05, 0.1) is 31.1 Å². The fraction of sp³-hybridized carbons (Fsp3) is 0.500. The summed E-state index contributed by atoms with van der Waals surface area (Å²) in [6.45, 7) is 5.49. The molecule has 4 aromatic rings. The zero-order valence-electron chi connectivity index (χ0n) is 23.7. The van der Waals surface area contributed by atoms with E-state index in [0.717, 1.165) is 54.3 Å². The van der Waals surface area contributed by atoms with Crippen LogP contribution in [0.5, 0.6) is 0 Å². The largest absolute Gasteiger partial charge is 0.395 e. The molecule has 1 atom stereocenters. The van der Waals surface area contributed by atoms with E-state index in [4.69, 9.17) is 15.8 Å². The molecule has 1 aliphatic heterocycles. The van der Waals surface area contributed by atoms with Crippen molar-refractivity contribution < 1.29 is 13.5 Å². The van der Waals surface area contributed by atoms with E-state index in [1.54, 1.807) is 10.5 Å². The van der Waals surface area contributed by atoms with Gasteiger partial charge >= 0.3 is 0 Å². The molecule has 3 aromatic heterocycles. The lowest BCUT2D eigenvalue weighted by Gasteiger charge is -2.31. The standard InChI is InChI=1S/C28H39N9O3S/c1-3-4-12-35(14-15-38)27-26-24(32-28(29)33-27)19-36(34-26)17-21-10-9-20(23-8-5-11-30-25(21)23)16-31-22-7-6-13-37(18-22)41(2,39)40/h5,8-11,19,22,31,38H,3-4,6-7,12-18H2,1-2H3,(H2,29,32)/t22-/m1/s1. The number of fused-ring (bicyclic) bond motifs is 2. The van der Waals surface area contributed by atoms with Crippen molar-refractivity contribution >= 4 is 43.7 Å². The number of nitrogen functional groups attached to an aromatic ring is 1. The molecule has 220 valence electrons. The summed E-state index contributed by atoms with van der Waals surface area (Å²) < 4.78 is 27.4. The maximum Gasteiger partial charge on any atom is 0.222 e. The number of nitrogens with zero attached hydrogens (tertiary/aromatic N) is 7. The highest BCUT2D eigenvalue weighted by Crippen LogP contribution is 2.26. The van der Waals surface area contributed by atoms with E-state index in [9.17, 15) is 13.5 Å². The summed E-state index contributed by atoms with van der Waals surface area (Å²) >= 11 is 0. The highest BCUT2D eigenvalue weighted by Gasteiger charge is 2.25. The number of piperidine rings is 1. The number of sulfonamides is 1. The van der Waals surface area contributed by atoms with Crippen LogP contribution in [0.2, 0.25) is 0 Å². The molecule has 0 bridgehead atoms. The Morgan fingerprint density at radius 1 is 1.17 bits per heavy atom. The minimum Gasteiger partial charge on any atom is -0.395 e. The van der Waals surface area contributed by atoms with E-state index in [1.807, 2.05) is 21.8 Å². The van der Waals surface area contributed by atoms with Crippen LogP contribution >= 0.6 is 0 Å². The predicted molar refractivity (Wildman–Crippen MR) is 161 cm³/mol. The summed E-state index contributed by atoms with van der Waals surface area (Å²) in [6.07, 6.45) is 8.70. The van der Waals surface area contributed by atoms with Gasteiger partial charge in [-0.1, -0.05) is 31.5 Å². The van der Waals surface area contributed by atoms with Crippen molar-refractivity contribution in [1.29, 1.82) is 0 Å². The number of pyridine rings is 1. The third-order valence-electron chi connectivity index (χ3n) is 7.57. The second-order valence-corrected chi connectivity index (χ2v) is 12.6. The molecule has 12 nitrogen and oxygen atoms in total. The Morgan fingerprint density at radius 2 is 2.00 bits per heavy atom. The number of hydrogen-bond donors (Lipinski definition) is 3. The number of aliphatic hydroxyl groups excluding tert-OH is 1. The molecule has 0 radical (unpaired) electrons. The van der Waals surface area contributed by atoms with Gasteiger partial charge in [0.2, 0.25) is 16.0 Å². The highest BCUT2D eigenvalue weighted by atomic mass is 32.2. The number of aromatic nitrogens is 5. The molecule has 4 heterocycles. The average molecular weight is 582 g/mol. The van der Waals surface area contributed by atoms with Crippen LogP contribution in [0.25, 0.3) is 21.9 Å². The van der Waals surface area contributed by atoms with Crippen molar-refractivity contribution in [3.8, 4) is 0 Å². The van der Waals surface area contributed by atoms with Crippen molar-refractivity contribution in [3.63, 3.8) is 0 Å². The quantitative estimate of drug-likeness (QED) is 0.227. The molecule has 0 unspecified atom stereocenters. The van der Waals surface area contributed by atoms with Crippen LogP contribution in [0, 0.1) is 0 Å². The van der Waals surface area contributed by atoms with Crippen LogP contribution in [-0.2, 0) is 23.1 Å². The van der Waals surface area contributed by atoms with E-state index < -0.39 is 10.0 Å². The Bertz CT molecular complexity index is 1610. The Labute approximate surface area is 240 Å². The zero-order chi connectivity index (χ0) is 29.0. The molecule has 0 saturated carbocycles. The van der Waals surface area contributed by atoms with E-state index >= 15 is 0 Å². The number of rotatable bonds is 12. The topological polar surface area (TPSA) is 155 Å². The first kappa shape index (κ1) is 29.1. The van der Waals surface area contributed by atoms with Gasteiger partial charge in [-0.25, -0.2) is 17.7 Å². The number of aliphatic hydroxyl groups is 1. The molecule has 41 heavy (non-hydrogen) atoms. The predicted octanol–water partition coefficient (Wildman–Crippen LogP) is 2.12. The number of nitrogens with two attached hydrogens (primary N) is 1. The molecule has 1 aliphatic rings. The molecular weight excluding hydrogens is 542 g/mol. The van der Waals surface area contributed by atoms with Gasteiger partial charge in [0.15, 0.2) is 11.3 Å². The SMILES string of the molecule is CCCCN(CCO)c1nc(N)nc2cn(Cc3ccc(CN[C@@H]4CCCN(S(C)(=O)=O)C4)c4cccnc34)nc12. The molecule has 1 saturated heterocycles. The van der Waals surface area contributed by atoms with Crippen LogP contribution in [-0.4, -0.2) is 87.6 Å². The number of hydrogen-bond acceptors (Lipinski definition) is 10. The van der Waals surface area contributed by atoms with Crippen LogP contribution in [0.15, 0.2) is 36.7 Å². The molecule has 1 fully saturated rings. The fourth-order valence-corrected chi connectivity index (χ4v) is 6.38. The summed E-state index contributed by atoms with van der Waals surface area (Å²) in [5, 5.41) is 19.1.